The van der Waals surface area contributed by atoms with E-state index >= 15 is 0 Å². The number of thiophene rings is 1. The van der Waals surface area contributed by atoms with E-state index in [1.807, 2.05) is 59.4 Å². The molecule has 4 heterocycles. The quantitative estimate of drug-likeness (QED) is 0.317. The molecule has 0 bridgehead atoms. The van der Waals surface area contributed by atoms with Crippen molar-refractivity contribution in [2.24, 2.45) is 4.99 Å². The number of thioether (sulfide) groups is 1. The number of rotatable bonds is 5. The van der Waals surface area contributed by atoms with Crippen LogP contribution in [0.15, 0.2) is 70.9 Å². The van der Waals surface area contributed by atoms with Crippen molar-refractivity contribution in [1.82, 2.24) is 9.38 Å². The highest BCUT2D eigenvalue weighted by Crippen LogP contribution is 2.35. The number of halogens is 1. The fraction of sp³-hybridized carbons (Fsp3) is 0.125. The van der Waals surface area contributed by atoms with Gasteiger partial charge in [0.05, 0.1) is 23.5 Å². The number of aliphatic imine (C=N–C) groups is 1. The van der Waals surface area contributed by atoms with Crippen LogP contribution in [-0.4, -0.2) is 27.6 Å². The van der Waals surface area contributed by atoms with Crippen LogP contribution in [0.4, 0.5) is 5.69 Å². The molecule has 0 atom stereocenters. The van der Waals surface area contributed by atoms with Gasteiger partial charge < -0.3 is 9.14 Å². The number of nitrogens with zero attached hydrogens (tertiary/aromatic N) is 4. The van der Waals surface area contributed by atoms with Gasteiger partial charge in [-0.1, -0.05) is 35.5 Å². The summed E-state index contributed by atoms with van der Waals surface area (Å²) in [5, 5.41) is 2.98. The van der Waals surface area contributed by atoms with Gasteiger partial charge in [-0.05, 0) is 54.3 Å². The molecule has 6 nitrogen and oxygen atoms in total. The lowest BCUT2D eigenvalue weighted by molar-refractivity contribution is -0.113. The fourth-order valence-electron chi connectivity index (χ4n) is 3.49. The summed E-state index contributed by atoms with van der Waals surface area (Å²) in [5.74, 6) is 0.921. The van der Waals surface area contributed by atoms with E-state index in [9.17, 15) is 4.79 Å². The second-order valence-corrected chi connectivity index (χ2v) is 9.72. The Morgan fingerprint density at radius 1 is 1.21 bits per heavy atom. The van der Waals surface area contributed by atoms with E-state index in [1.54, 1.807) is 41.5 Å². The number of carbonyl (C=O) groups is 1. The van der Waals surface area contributed by atoms with Crippen molar-refractivity contribution in [3.63, 3.8) is 0 Å². The topological polar surface area (TPSA) is 59.2 Å². The summed E-state index contributed by atoms with van der Waals surface area (Å²) in [6.07, 6.45) is 5.86. The van der Waals surface area contributed by atoms with E-state index in [2.05, 4.69) is 9.98 Å². The molecular formula is C24H19ClN4O2S2. The molecule has 0 saturated carbocycles. The van der Waals surface area contributed by atoms with Crippen molar-refractivity contribution in [1.29, 1.82) is 0 Å². The summed E-state index contributed by atoms with van der Waals surface area (Å²) in [4.78, 5) is 25.3. The van der Waals surface area contributed by atoms with Crippen LogP contribution in [0.3, 0.4) is 0 Å². The summed E-state index contributed by atoms with van der Waals surface area (Å²) in [7, 11) is 1.56. The van der Waals surface area contributed by atoms with Crippen LogP contribution in [-0.2, 0) is 10.5 Å². The average molecular weight is 495 g/mol. The Hall–Kier alpha value is -3.07. The Balaban J connectivity index is 1.47. The van der Waals surface area contributed by atoms with Gasteiger partial charge in [0.2, 0.25) is 0 Å². The lowest BCUT2D eigenvalue weighted by Gasteiger charge is -2.18. The zero-order valence-electron chi connectivity index (χ0n) is 17.9. The van der Waals surface area contributed by atoms with Gasteiger partial charge in [0.1, 0.15) is 17.1 Å². The van der Waals surface area contributed by atoms with E-state index in [1.165, 1.54) is 11.8 Å². The molecule has 1 aliphatic rings. The molecule has 9 heteroatoms. The summed E-state index contributed by atoms with van der Waals surface area (Å²) in [6.45, 7) is 2.05. The Morgan fingerprint density at radius 3 is 2.85 bits per heavy atom. The van der Waals surface area contributed by atoms with E-state index < -0.39 is 0 Å². The first-order valence-electron chi connectivity index (χ1n) is 10.1. The zero-order chi connectivity index (χ0) is 22.9. The summed E-state index contributed by atoms with van der Waals surface area (Å²) < 4.78 is 7.27. The number of amides is 1. The monoisotopic (exact) mass is 494 g/mol. The number of hydrogen-bond acceptors (Lipinski definition) is 6. The summed E-state index contributed by atoms with van der Waals surface area (Å²) >= 11 is 9.37. The van der Waals surface area contributed by atoms with Gasteiger partial charge in [-0.25, -0.2) is 9.98 Å². The maximum absolute atomic E-state index is 13.3. The SMILES string of the molecule is COc1ccc(N2C(=O)/C(=C\c3cccs3)N=C2SCc2cn3cc(C)ccc3n2)cc1Cl. The van der Waals surface area contributed by atoms with Crippen LogP contribution in [0.25, 0.3) is 11.7 Å². The minimum absolute atomic E-state index is 0.197. The van der Waals surface area contributed by atoms with Crippen molar-refractivity contribution >= 4 is 63.2 Å². The van der Waals surface area contributed by atoms with Gasteiger partial charge >= 0.3 is 0 Å². The number of ether oxygens (including phenoxy) is 1. The van der Waals surface area contributed by atoms with Crippen LogP contribution in [0.2, 0.25) is 5.02 Å². The van der Waals surface area contributed by atoms with Crippen molar-refractivity contribution in [3.05, 3.63) is 87.1 Å². The number of amidine groups is 1. The number of pyridine rings is 1. The van der Waals surface area contributed by atoms with Gasteiger partial charge in [0.15, 0.2) is 5.17 Å². The molecule has 0 saturated heterocycles. The first kappa shape index (κ1) is 21.8. The zero-order valence-corrected chi connectivity index (χ0v) is 20.2. The van der Waals surface area contributed by atoms with Crippen LogP contribution in [0.5, 0.6) is 5.75 Å². The number of fused-ring (bicyclic) bond motifs is 1. The molecule has 3 aromatic heterocycles. The third kappa shape index (κ3) is 4.42. The highest BCUT2D eigenvalue weighted by atomic mass is 35.5. The molecule has 166 valence electrons. The molecular weight excluding hydrogens is 476 g/mol. The second kappa shape index (κ2) is 9.05. The van der Waals surface area contributed by atoms with Crippen molar-refractivity contribution < 1.29 is 9.53 Å². The number of carbonyl (C=O) groups excluding carboxylic acids is 1. The molecule has 0 N–H and O–H groups in total. The van der Waals surface area contributed by atoms with Crippen molar-refractivity contribution in [3.8, 4) is 5.75 Å². The predicted octanol–water partition coefficient (Wildman–Crippen LogP) is 6.04. The lowest BCUT2D eigenvalue weighted by atomic mass is 10.2. The average Bonchev–Trinajstić information content (AvgIpc) is 3.52. The minimum atomic E-state index is -0.197. The highest BCUT2D eigenvalue weighted by molar-refractivity contribution is 8.13. The van der Waals surface area contributed by atoms with Crippen LogP contribution < -0.4 is 9.64 Å². The minimum Gasteiger partial charge on any atom is -0.495 e. The molecule has 0 radical (unpaired) electrons. The molecule has 1 aromatic carbocycles. The van der Waals surface area contributed by atoms with Gasteiger partial charge in [0.25, 0.3) is 5.91 Å². The fourth-order valence-corrected chi connectivity index (χ4v) is 5.29. The molecule has 4 aromatic rings. The summed E-state index contributed by atoms with van der Waals surface area (Å²) in [5.41, 5.74) is 3.98. The molecule has 0 fully saturated rings. The Bertz CT molecular complexity index is 1410. The number of imidazole rings is 1. The molecule has 5 rings (SSSR count). The second-order valence-electron chi connectivity index (χ2n) is 7.39. The standard InChI is InChI=1S/C24H19ClN4O2S2/c1-15-5-8-22-26-16(13-28(22)12-15)14-33-24-27-20(11-18-4-3-9-32-18)23(30)29(24)17-6-7-21(31-2)19(25)10-17/h3-13H,14H2,1-2H3/b20-11+. The van der Waals surface area contributed by atoms with Crippen LogP contribution >= 0.6 is 34.7 Å². The molecule has 1 aliphatic heterocycles. The first-order valence-corrected chi connectivity index (χ1v) is 12.3. The van der Waals surface area contributed by atoms with Crippen LogP contribution in [0.1, 0.15) is 16.1 Å². The Kier molecular flexibility index (Phi) is 5.97. The third-order valence-electron chi connectivity index (χ3n) is 5.04. The van der Waals surface area contributed by atoms with E-state index in [0.29, 0.717) is 33.1 Å². The molecule has 0 spiro atoms. The number of aromatic nitrogens is 2. The van der Waals surface area contributed by atoms with Gasteiger partial charge in [-0.3, -0.25) is 9.69 Å². The lowest BCUT2D eigenvalue weighted by Crippen LogP contribution is -2.30. The maximum Gasteiger partial charge on any atom is 0.283 e. The number of hydrogen-bond donors (Lipinski definition) is 0. The van der Waals surface area contributed by atoms with Gasteiger partial charge in [0, 0.05) is 23.0 Å². The van der Waals surface area contributed by atoms with Crippen LogP contribution in [0, 0.1) is 6.92 Å². The van der Waals surface area contributed by atoms with E-state index in [4.69, 9.17) is 16.3 Å². The number of aryl methyl sites for hydroxylation is 1. The highest BCUT2D eigenvalue weighted by Gasteiger charge is 2.32. The largest absolute Gasteiger partial charge is 0.495 e. The van der Waals surface area contributed by atoms with E-state index in [0.717, 1.165) is 21.8 Å². The molecule has 0 aliphatic carbocycles. The Morgan fingerprint density at radius 2 is 2.09 bits per heavy atom. The molecule has 33 heavy (non-hydrogen) atoms. The van der Waals surface area contributed by atoms with Crippen molar-refractivity contribution in [2.45, 2.75) is 12.7 Å². The number of methoxy groups -OCH3 is 1. The van der Waals surface area contributed by atoms with Gasteiger partial charge in [-0.2, -0.15) is 0 Å². The molecule has 1 amide bonds. The predicted molar refractivity (Wildman–Crippen MR) is 136 cm³/mol. The number of benzene rings is 1. The summed E-state index contributed by atoms with van der Waals surface area (Å²) in [6, 6.07) is 13.2. The molecule has 0 unspecified atom stereocenters. The number of anilines is 1. The maximum atomic E-state index is 13.3. The normalized spacial score (nSPS) is 15.0. The van der Waals surface area contributed by atoms with E-state index in [-0.39, 0.29) is 5.91 Å². The Labute approximate surface area is 204 Å². The smallest absolute Gasteiger partial charge is 0.283 e. The van der Waals surface area contributed by atoms with Gasteiger partial charge in [-0.15, -0.1) is 11.3 Å². The third-order valence-corrected chi connectivity index (χ3v) is 7.13. The van der Waals surface area contributed by atoms with Crippen molar-refractivity contribution in [2.75, 3.05) is 12.0 Å². The first-order chi connectivity index (χ1) is 16.0.